The molecule has 0 aliphatic rings. The molecule has 4 heteroatoms. The number of nitrogens with one attached hydrogen (secondary N) is 1. The topological polar surface area (TPSA) is 41.6 Å². The highest BCUT2D eigenvalue weighted by Gasteiger charge is 2.01. The van der Waals surface area contributed by atoms with Crippen molar-refractivity contribution >= 4 is 6.09 Å². The van der Waals surface area contributed by atoms with E-state index >= 15 is 0 Å². The van der Waals surface area contributed by atoms with Gasteiger partial charge in [-0.15, -0.1) is 0 Å². The molecule has 0 radical (unpaired) electrons. The molecule has 0 saturated carbocycles. The summed E-state index contributed by atoms with van der Waals surface area (Å²) < 4.78 is 4.89. The van der Waals surface area contributed by atoms with Crippen LogP contribution in [0.25, 0.3) is 0 Å². The molecule has 4 nitrogen and oxygen atoms in total. The van der Waals surface area contributed by atoms with Gasteiger partial charge in [-0.05, 0) is 32.5 Å². The van der Waals surface area contributed by atoms with Crippen LogP contribution in [0.3, 0.4) is 0 Å². The highest BCUT2D eigenvalue weighted by molar-refractivity contribution is 5.66. The van der Waals surface area contributed by atoms with Crippen molar-refractivity contribution in [2.75, 3.05) is 32.8 Å². The predicted molar refractivity (Wildman–Crippen MR) is 62.0 cm³/mol. The first-order chi connectivity index (χ1) is 7.24. The lowest BCUT2D eigenvalue weighted by Crippen LogP contribution is -2.30. The number of amides is 1. The summed E-state index contributed by atoms with van der Waals surface area (Å²) >= 11 is 0. The van der Waals surface area contributed by atoms with Crippen LogP contribution >= 0.6 is 0 Å². The minimum absolute atomic E-state index is 0.295. The molecule has 0 rings (SSSR count). The lowest BCUT2D eigenvalue weighted by Gasteiger charge is -2.17. The fourth-order valence-electron chi connectivity index (χ4n) is 1.28. The Balaban J connectivity index is 3.33. The van der Waals surface area contributed by atoms with E-state index in [0.29, 0.717) is 13.2 Å². The van der Waals surface area contributed by atoms with Gasteiger partial charge in [0.15, 0.2) is 0 Å². The molecule has 1 N–H and O–H groups in total. The number of hydrogen-bond acceptors (Lipinski definition) is 3. The van der Waals surface area contributed by atoms with E-state index < -0.39 is 0 Å². The zero-order chi connectivity index (χ0) is 11.5. The molecule has 0 aliphatic carbocycles. The summed E-state index contributed by atoms with van der Waals surface area (Å²) in [6.07, 6.45) is 1.55. The second-order valence-corrected chi connectivity index (χ2v) is 3.44. The molecule has 0 aliphatic heterocycles. The third-order valence-corrected chi connectivity index (χ3v) is 2.25. The maximum absolute atomic E-state index is 11.0. The molecule has 90 valence electrons. The number of rotatable bonds is 8. The number of hydrogen-bond donors (Lipinski definition) is 1. The SMILES string of the molecule is CCCOC(=O)NCCCN(CC)CC. The Labute approximate surface area is 93.0 Å². The van der Waals surface area contributed by atoms with E-state index in [1.807, 2.05) is 6.92 Å². The highest BCUT2D eigenvalue weighted by Crippen LogP contribution is 1.89. The van der Waals surface area contributed by atoms with Crippen molar-refractivity contribution < 1.29 is 9.53 Å². The second-order valence-electron chi connectivity index (χ2n) is 3.44. The van der Waals surface area contributed by atoms with E-state index in [2.05, 4.69) is 24.1 Å². The van der Waals surface area contributed by atoms with Crippen molar-refractivity contribution in [1.29, 1.82) is 0 Å². The Morgan fingerprint density at radius 1 is 1.27 bits per heavy atom. The normalized spacial score (nSPS) is 10.4. The molecule has 0 saturated heterocycles. The van der Waals surface area contributed by atoms with Crippen LogP contribution in [0, 0.1) is 0 Å². The molecule has 15 heavy (non-hydrogen) atoms. The van der Waals surface area contributed by atoms with Crippen molar-refractivity contribution in [3.63, 3.8) is 0 Å². The molecule has 0 aromatic heterocycles. The van der Waals surface area contributed by atoms with Gasteiger partial charge in [0.05, 0.1) is 6.61 Å². The third kappa shape index (κ3) is 8.24. The smallest absolute Gasteiger partial charge is 0.407 e. The van der Waals surface area contributed by atoms with E-state index in [1.54, 1.807) is 0 Å². The van der Waals surface area contributed by atoms with Crippen molar-refractivity contribution in [2.45, 2.75) is 33.6 Å². The second kappa shape index (κ2) is 9.77. The Morgan fingerprint density at radius 3 is 2.47 bits per heavy atom. The average Bonchev–Trinajstić information content (AvgIpc) is 2.26. The van der Waals surface area contributed by atoms with Crippen LogP contribution in [0.5, 0.6) is 0 Å². The highest BCUT2D eigenvalue weighted by atomic mass is 16.5. The quantitative estimate of drug-likeness (QED) is 0.630. The van der Waals surface area contributed by atoms with E-state index in [0.717, 1.165) is 32.5 Å². The number of alkyl carbamates (subject to hydrolysis) is 1. The van der Waals surface area contributed by atoms with Gasteiger partial charge in [-0.25, -0.2) is 4.79 Å². The molecule has 0 aromatic rings. The molecule has 0 unspecified atom stereocenters. The standard InChI is InChI=1S/C11H24N2O2/c1-4-10-15-11(14)12-8-7-9-13(5-2)6-3/h4-10H2,1-3H3,(H,12,14). The molecular formula is C11H24N2O2. The van der Waals surface area contributed by atoms with E-state index in [-0.39, 0.29) is 6.09 Å². The lowest BCUT2D eigenvalue weighted by molar-refractivity contribution is 0.145. The molecule has 0 spiro atoms. The van der Waals surface area contributed by atoms with Gasteiger partial charge in [-0.2, -0.15) is 0 Å². The van der Waals surface area contributed by atoms with Crippen LogP contribution in [0.15, 0.2) is 0 Å². The van der Waals surface area contributed by atoms with E-state index in [4.69, 9.17) is 4.74 Å². The Hall–Kier alpha value is -0.770. The first kappa shape index (κ1) is 14.2. The zero-order valence-corrected chi connectivity index (χ0v) is 10.2. The average molecular weight is 216 g/mol. The Kier molecular flexibility index (Phi) is 9.27. The van der Waals surface area contributed by atoms with Crippen LogP contribution in [0.2, 0.25) is 0 Å². The number of carbonyl (C=O) groups excluding carboxylic acids is 1. The summed E-state index contributed by atoms with van der Waals surface area (Å²) in [6, 6.07) is 0. The van der Waals surface area contributed by atoms with E-state index in [1.165, 1.54) is 0 Å². The molecular weight excluding hydrogens is 192 g/mol. The molecule has 1 amide bonds. The predicted octanol–water partition coefficient (Wildman–Crippen LogP) is 1.85. The van der Waals surface area contributed by atoms with Crippen LogP contribution in [-0.2, 0) is 4.74 Å². The van der Waals surface area contributed by atoms with Gasteiger partial charge >= 0.3 is 6.09 Å². The first-order valence-electron chi connectivity index (χ1n) is 5.87. The van der Waals surface area contributed by atoms with Gasteiger partial charge in [0, 0.05) is 6.54 Å². The lowest BCUT2D eigenvalue weighted by atomic mass is 10.3. The fourth-order valence-corrected chi connectivity index (χ4v) is 1.28. The van der Waals surface area contributed by atoms with Crippen LogP contribution < -0.4 is 5.32 Å². The van der Waals surface area contributed by atoms with Crippen molar-refractivity contribution in [3.8, 4) is 0 Å². The van der Waals surface area contributed by atoms with Gasteiger partial charge in [0.2, 0.25) is 0 Å². The Morgan fingerprint density at radius 2 is 1.93 bits per heavy atom. The monoisotopic (exact) mass is 216 g/mol. The summed E-state index contributed by atoms with van der Waals surface area (Å²) in [5, 5.41) is 2.73. The number of carbonyl (C=O) groups is 1. The molecule has 0 heterocycles. The fraction of sp³-hybridized carbons (Fsp3) is 0.909. The third-order valence-electron chi connectivity index (χ3n) is 2.25. The van der Waals surface area contributed by atoms with Crippen LogP contribution in [0.4, 0.5) is 4.79 Å². The zero-order valence-electron chi connectivity index (χ0n) is 10.2. The molecule has 0 atom stereocenters. The first-order valence-corrected chi connectivity index (χ1v) is 5.87. The van der Waals surface area contributed by atoms with Crippen molar-refractivity contribution in [1.82, 2.24) is 10.2 Å². The Bertz CT molecular complexity index is 159. The summed E-state index contributed by atoms with van der Waals surface area (Å²) in [4.78, 5) is 13.4. The van der Waals surface area contributed by atoms with Crippen molar-refractivity contribution in [2.24, 2.45) is 0 Å². The van der Waals surface area contributed by atoms with Gasteiger partial charge in [0.25, 0.3) is 0 Å². The van der Waals surface area contributed by atoms with Gasteiger partial charge in [-0.3, -0.25) is 0 Å². The van der Waals surface area contributed by atoms with Crippen LogP contribution in [0.1, 0.15) is 33.6 Å². The summed E-state index contributed by atoms with van der Waals surface area (Å²) in [5.74, 6) is 0. The van der Waals surface area contributed by atoms with Crippen molar-refractivity contribution in [3.05, 3.63) is 0 Å². The number of nitrogens with zero attached hydrogens (tertiary/aromatic N) is 1. The minimum atomic E-state index is -0.295. The van der Waals surface area contributed by atoms with Crippen LogP contribution in [-0.4, -0.2) is 43.8 Å². The summed E-state index contributed by atoms with van der Waals surface area (Å²) in [5.41, 5.74) is 0. The van der Waals surface area contributed by atoms with Gasteiger partial charge in [0.1, 0.15) is 0 Å². The van der Waals surface area contributed by atoms with Gasteiger partial charge < -0.3 is 15.0 Å². The van der Waals surface area contributed by atoms with E-state index in [9.17, 15) is 4.79 Å². The molecule has 0 fully saturated rings. The minimum Gasteiger partial charge on any atom is -0.450 e. The summed E-state index contributed by atoms with van der Waals surface area (Å²) in [7, 11) is 0. The van der Waals surface area contributed by atoms with Gasteiger partial charge in [-0.1, -0.05) is 20.8 Å². The molecule has 0 bridgehead atoms. The number of ether oxygens (including phenoxy) is 1. The molecule has 0 aromatic carbocycles. The maximum Gasteiger partial charge on any atom is 0.407 e. The maximum atomic E-state index is 11.0. The largest absolute Gasteiger partial charge is 0.450 e. The summed E-state index contributed by atoms with van der Waals surface area (Å²) in [6.45, 7) is 10.6.